The summed E-state index contributed by atoms with van der Waals surface area (Å²) in [5.41, 5.74) is 5.22. The van der Waals surface area contributed by atoms with Crippen molar-refractivity contribution in [1.82, 2.24) is 5.32 Å². The molecule has 2 aromatic rings. The molecule has 0 fully saturated rings. The fraction of sp³-hybridized carbons (Fsp3) is 0.211. The summed E-state index contributed by atoms with van der Waals surface area (Å²) >= 11 is 0. The molecular formula is C19H16F3N3O3. The van der Waals surface area contributed by atoms with E-state index in [1.807, 2.05) is 6.07 Å². The van der Waals surface area contributed by atoms with Gasteiger partial charge in [0.2, 0.25) is 5.91 Å². The van der Waals surface area contributed by atoms with Gasteiger partial charge in [-0.1, -0.05) is 24.3 Å². The van der Waals surface area contributed by atoms with Gasteiger partial charge in [-0.2, -0.15) is 18.4 Å². The summed E-state index contributed by atoms with van der Waals surface area (Å²) in [4.78, 5) is 23.9. The van der Waals surface area contributed by atoms with Gasteiger partial charge in [-0.15, -0.1) is 0 Å². The number of amides is 2. The molecule has 0 aliphatic heterocycles. The van der Waals surface area contributed by atoms with E-state index in [0.29, 0.717) is 11.1 Å². The second-order valence-electron chi connectivity index (χ2n) is 6.00. The van der Waals surface area contributed by atoms with Gasteiger partial charge in [0.05, 0.1) is 17.2 Å². The SMILES string of the molecule is N#Cc1cccc(C[C@H](NC(=O)[C@@H](O)c2ccc(C(F)(F)F)cc2)C(N)=O)c1. The molecule has 0 bridgehead atoms. The Kier molecular flexibility index (Phi) is 6.38. The van der Waals surface area contributed by atoms with Crippen molar-refractivity contribution in [2.24, 2.45) is 5.73 Å². The van der Waals surface area contributed by atoms with Crippen LogP contribution < -0.4 is 11.1 Å². The van der Waals surface area contributed by atoms with Gasteiger partial charge in [0.15, 0.2) is 6.10 Å². The van der Waals surface area contributed by atoms with E-state index in [9.17, 15) is 27.9 Å². The highest BCUT2D eigenvalue weighted by atomic mass is 19.4. The molecule has 0 aliphatic carbocycles. The van der Waals surface area contributed by atoms with Gasteiger partial charge in [0.25, 0.3) is 5.91 Å². The number of aliphatic hydroxyl groups is 1. The predicted molar refractivity (Wildman–Crippen MR) is 92.4 cm³/mol. The Morgan fingerprint density at radius 3 is 2.36 bits per heavy atom. The lowest BCUT2D eigenvalue weighted by atomic mass is 10.0. The number of halogens is 3. The topological polar surface area (TPSA) is 116 Å². The van der Waals surface area contributed by atoms with Crippen LogP contribution in [-0.2, 0) is 22.2 Å². The molecular weight excluding hydrogens is 375 g/mol. The van der Waals surface area contributed by atoms with Crippen LogP contribution in [-0.4, -0.2) is 23.0 Å². The number of aliphatic hydroxyl groups excluding tert-OH is 1. The minimum Gasteiger partial charge on any atom is -0.378 e. The van der Waals surface area contributed by atoms with Crippen LogP contribution in [0.15, 0.2) is 48.5 Å². The number of nitriles is 1. The highest BCUT2D eigenvalue weighted by Gasteiger charge is 2.31. The van der Waals surface area contributed by atoms with Crippen molar-refractivity contribution in [1.29, 1.82) is 5.26 Å². The second kappa shape index (κ2) is 8.54. The molecule has 0 spiro atoms. The van der Waals surface area contributed by atoms with Crippen molar-refractivity contribution < 1.29 is 27.9 Å². The van der Waals surface area contributed by atoms with Crippen LogP contribution in [0.1, 0.15) is 28.4 Å². The number of carbonyl (C=O) groups is 2. The first-order valence-corrected chi connectivity index (χ1v) is 8.05. The van der Waals surface area contributed by atoms with Crippen LogP contribution in [0.5, 0.6) is 0 Å². The van der Waals surface area contributed by atoms with E-state index in [0.717, 1.165) is 24.3 Å². The molecule has 0 heterocycles. The third kappa shape index (κ3) is 5.31. The number of nitrogens with two attached hydrogens (primary N) is 1. The van der Waals surface area contributed by atoms with Gasteiger partial charge in [-0.3, -0.25) is 9.59 Å². The van der Waals surface area contributed by atoms with E-state index in [2.05, 4.69) is 5.32 Å². The summed E-state index contributed by atoms with van der Waals surface area (Å²) in [6.07, 6.45) is -6.34. The van der Waals surface area contributed by atoms with Crippen molar-refractivity contribution in [3.63, 3.8) is 0 Å². The van der Waals surface area contributed by atoms with Gasteiger partial charge in [0.1, 0.15) is 6.04 Å². The molecule has 2 atom stereocenters. The minimum absolute atomic E-state index is 0.0175. The zero-order chi connectivity index (χ0) is 20.9. The fourth-order valence-electron chi connectivity index (χ4n) is 2.48. The number of rotatable bonds is 6. The van der Waals surface area contributed by atoms with Crippen molar-refractivity contribution in [2.75, 3.05) is 0 Å². The Hall–Kier alpha value is -3.38. The lowest BCUT2D eigenvalue weighted by molar-refractivity contribution is -0.137. The highest BCUT2D eigenvalue weighted by molar-refractivity contribution is 5.89. The lowest BCUT2D eigenvalue weighted by Crippen LogP contribution is -2.47. The molecule has 2 rings (SSSR count). The van der Waals surface area contributed by atoms with Crippen molar-refractivity contribution in [3.8, 4) is 6.07 Å². The average Bonchev–Trinajstić information content (AvgIpc) is 2.66. The molecule has 6 nitrogen and oxygen atoms in total. The van der Waals surface area contributed by atoms with Crippen molar-refractivity contribution in [3.05, 3.63) is 70.8 Å². The minimum atomic E-state index is -4.54. The molecule has 146 valence electrons. The standard InChI is InChI=1S/C19H16F3N3O3/c20-19(21,22)14-6-4-13(5-7-14)16(26)18(28)25-15(17(24)27)9-11-2-1-3-12(8-11)10-23/h1-8,15-16,26H,9H2,(H2,24,27)(H,25,28)/t15-,16-/m0/s1. The van der Waals surface area contributed by atoms with Crippen molar-refractivity contribution >= 4 is 11.8 Å². The maximum Gasteiger partial charge on any atom is 0.416 e. The lowest BCUT2D eigenvalue weighted by Gasteiger charge is -2.19. The summed E-state index contributed by atoms with van der Waals surface area (Å²) in [6.45, 7) is 0. The van der Waals surface area contributed by atoms with E-state index in [4.69, 9.17) is 11.0 Å². The Balaban J connectivity index is 2.10. The van der Waals surface area contributed by atoms with E-state index in [1.165, 1.54) is 6.07 Å². The van der Waals surface area contributed by atoms with Crippen molar-refractivity contribution in [2.45, 2.75) is 24.7 Å². The predicted octanol–water partition coefficient (Wildman–Crippen LogP) is 1.82. The molecule has 0 saturated heterocycles. The maximum atomic E-state index is 12.6. The molecule has 0 radical (unpaired) electrons. The number of carbonyl (C=O) groups excluding carboxylic acids is 2. The van der Waals surface area contributed by atoms with Gasteiger partial charge in [-0.25, -0.2) is 0 Å². The molecule has 4 N–H and O–H groups in total. The summed E-state index contributed by atoms with van der Waals surface area (Å²) in [7, 11) is 0. The molecule has 0 aliphatic rings. The van der Waals surface area contributed by atoms with Crippen LogP contribution in [0, 0.1) is 11.3 Å². The number of nitrogens with zero attached hydrogens (tertiary/aromatic N) is 1. The molecule has 2 aromatic carbocycles. The quantitative estimate of drug-likeness (QED) is 0.696. The van der Waals surface area contributed by atoms with Crippen LogP contribution in [0.3, 0.4) is 0 Å². The number of primary amides is 1. The Bertz CT molecular complexity index is 905. The molecule has 28 heavy (non-hydrogen) atoms. The number of nitrogens with one attached hydrogen (secondary N) is 1. The van der Waals surface area contributed by atoms with Crippen LogP contribution in [0.25, 0.3) is 0 Å². The van der Waals surface area contributed by atoms with Crippen LogP contribution >= 0.6 is 0 Å². The Labute approximate surface area is 158 Å². The highest BCUT2D eigenvalue weighted by Crippen LogP contribution is 2.30. The molecule has 9 heteroatoms. The summed E-state index contributed by atoms with van der Waals surface area (Å²) < 4.78 is 37.8. The van der Waals surface area contributed by atoms with Gasteiger partial charge < -0.3 is 16.2 Å². The molecule has 0 unspecified atom stereocenters. The largest absolute Gasteiger partial charge is 0.416 e. The van der Waals surface area contributed by atoms with E-state index in [-0.39, 0.29) is 12.0 Å². The number of alkyl halides is 3. The Morgan fingerprint density at radius 2 is 1.82 bits per heavy atom. The first-order valence-electron chi connectivity index (χ1n) is 8.05. The van der Waals surface area contributed by atoms with E-state index in [1.54, 1.807) is 18.2 Å². The first-order chi connectivity index (χ1) is 13.1. The number of hydrogen-bond acceptors (Lipinski definition) is 4. The molecule has 0 aromatic heterocycles. The van der Waals surface area contributed by atoms with Crippen LogP contribution in [0.2, 0.25) is 0 Å². The second-order valence-corrected chi connectivity index (χ2v) is 6.00. The number of hydrogen-bond donors (Lipinski definition) is 3. The summed E-state index contributed by atoms with van der Waals surface area (Å²) in [5.74, 6) is -1.85. The normalized spacial score (nSPS) is 13.2. The van der Waals surface area contributed by atoms with Gasteiger partial charge >= 0.3 is 6.18 Å². The van der Waals surface area contributed by atoms with Gasteiger partial charge in [-0.05, 0) is 35.4 Å². The smallest absolute Gasteiger partial charge is 0.378 e. The summed E-state index contributed by atoms with van der Waals surface area (Å²) in [5, 5.41) is 21.3. The van der Waals surface area contributed by atoms with E-state index < -0.39 is 35.7 Å². The molecule has 2 amide bonds. The Morgan fingerprint density at radius 1 is 1.18 bits per heavy atom. The molecule has 0 saturated carbocycles. The zero-order valence-electron chi connectivity index (χ0n) is 14.4. The maximum absolute atomic E-state index is 12.6. The third-order valence-corrected chi connectivity index (χ3v) is 3.96. The average molecular weight is 391 g/mol. The third-order valence-electron chi connectivity index (χ3n) is 3.96. The monoisotopic (exact) mass is 391 g/mol. The zero-order valence-corrected chi connectivity index (χ0v) is 14.4. The first kappa shape index (κ1) is 20.9. The fourth-order valence-corrected chi connectivity index (χ4v) is 2.48. The number of benzene rings is 2. The van der Waals surface area contributed by atoms with Gasteiger partial charge in [0, 0.05) is 6.42 Å². The van der Waals surface area contributed by atoms with E-state index >= 15 is 0 Å². The van der Waals surface area contributed by atoms with Crippen LogP contribution in [0.4, 0.5) is 13.2 Å². The summed E-state index contributed by atoms with van der Waals surface area (Å²) in [6, 6.07) is 10.5.